The monoisotopic (exact) mass is 315 g/mol. The number of pyridine rings is 1. The van der Waals surface area contributed by atoms with Crippen LogP contribution in [0.25, 0.3) is 0 Å². The first kappa shape index (κ1) is 13.0. The molecule has 0 amide bonds. The van der Waals surface area contributed by atoms with Gasteiger partial charge in [0.15, 0.2) is 5.11 Å². The number of hydrogen-bond donors (Lipinski definition) is 2. The third-order valence-electron chi connectivity index (χ3n) is 4.31. The van der Waals surface area contributed by atoms with Gasteiger partial charge in [-0.05, 0) is 47.8 Å². The second kappa shape index (κ2) is 4.97. The van der Waals surface area contributed by atoms with Crippen LogP contribution in [0.2, 0.25) is 5.02 Å². The smallest absolute Gasteiger partial charge is 0.172 e. The first-order valence-corrected chi connectivity index (χ1v) is 7.78. The molecule has 0 aliphatic heterocycles. The molecule has 3 atom stereocenters. The SMILES string of the molecule is S=C(Nc1ccc(Cl)cn1)NC1C2Cc3ccccc3C21. The van der Waals surface area contributed by atoms with E-state index in [4.69, 9.17) is 23.8 Å². The number of halogens is 1. The van der Waals surface area contributed by atoms with Crippen molar-refractivity contribution in [2.75, 3.05) is 5.32 Å². The summed E-state index contributed by atoms with van der Waals surface area (Å²) in [6.07, 6.45) is 2.76. The summed E-state index contributed by atoms with van der Waals surface area (Å²) in [6, 6.07) is 12.8. The van der Waals surface area contributed by atoms with Gasteiger partial charge in [-0.25, -0.2) is 4.98 Å². The Labute approximate surface area is 133 Å². The van der Waals surface area contributed by atoms with Crippen LogP contribution in [0.15, 0.2) is 42.6 Å². The zero-order chi connectivity index (χ0) is 14.4. The molecule has 21 heavy (non-hydrogen) atoms. The summed E-state index contributed by atoms with van der Waals surface area (Å²) in [5.74, 6) is 2.00. The summed E-state index contributed by atoms with van der Waals surface area (Å²) in [7, 11) is 0. The molecule has 0 spiro atoms. The number of thiocarbonyl (C=S) groups is 1. The van der Waals surface area contributed by atoms with E-state index in [-0.39, 0.29) is 0 Å². The van der Waals surface area contributed by atoms with E-state index in [0.29, 0.717) is 33.8 Å². The number of rotatable bonds is 2. The van der Waals surface area contributed by atoms with Crippen LogP contribution in [0.4, 0.5) is 5.82 Å². The van der Waals surface area contributed by atoms with Crippen molar-refractivity contribution in [1.29, 1.82) is 0 Å². The van der Waals surface area contributed by atoms with Gasteiger partial charge in [0.2, 0.25) is 0 Å². The highest BCUT2D eigenvalue weighted by Crippen LogP contribution is 2.56. The van der Waals surface area contributed by atoms with E-state index >= 15 is 0 Å². The Kier molecular flexibility index (Phi) is 3.08. The molecule has 3 unspecified atom stereocenters. The van der Waals surface area contributed by atoms with Gasteiger partial charge in [0.25, 0.3) is 0 Å². The lowest BCUT2D eigenvalue weighted by molar-refractivity contribution is 0.751. The van der Waals surface area contributed by atoms with Crippen LogP contribution >= 0.6 is 23.8 Å². The average molecular weight is 316 g/mol. The predicted octanol–water partition coefficient (Wildman–Crippen LogP) is 3.36. The molecule has 106 valence electrons. The van der Waals surface area contributed by atoms with E-state index in [9.17, 15) is 0 Å². The topological polar surface area (TPSA) is 37.0 Å². The van der Waals surface area contributed by atoms with Gasteiger partial charge in [0.1, 0.15) is 5.82 Å². The molecule has 5 heteroatoms. The Morgan fingerprint density at radius 2 is 2.10 bits per heavy atom. The van der Waals surface area contributed by atoms with Gasteiger partial charge >= 0.3 is 0 Å². The Morgan fingerprint density at radius 1 is 1.24 bits per heavy atom. The first-order valence-electron chi connectivity index (χ1n) is 6.99. The van der Waals surface area contributed by atoms with Crippen molar-refractivity contribution in [3.8, 4) is 0 Å². The molecule has 2 aromatic rings. The zero-order valence-corrected chi connectivity index (χ0v) is 12.8. The molecule has 1 aromatic heterocycles. The average Bonchev–Trinajstić information content (AvgIpc) is 2.99. The second-order valence-electron chi connectivity index (χ2n) is 5.58. The first-order chi connectivity index (χ1) is 10.2. The standard InChI is InChI=1S/C16H14ClN3S/c17-10-5-6-13(18-8-10)19-16(21)20-15-12-7-9-3-1-2-4-11(9)14(12)15/h1-6,8,12,14-15H,7H2,(H2,18,19,20,21). The van der Waals surface area contributed by atoms with E-state index in [1.807, 2.05) is 6.07 Å². The van der Waals surface area contributed by atoms with Gasteiger partial charge in [-0.1, -0.05) is 35.9 Å². The van der Waals surface area contributed by atoms with Crippen LogP contribution in [0.5, 0.6) is 0 Å². The summed E-state index contributed by atoms with van der Waals surface area (Å²) in [5.41, 5.74) is 2.97. The molecule has 2 N–H and O–H groups in total. The third kappa shape index (κ3) is 2.39. The number of hydrogen-bond acceptors (Lipinski definition) is 2. The lowest BCUT2D eigenvalue weighted by Gasteiger charge is -2.12. The maximum absolute atomic E-state index is 5.82. The Hall–Kier alpha value is -1.65. The van der Waals surface area contributed by atoms with Crippen LogP contribution in [0.1, 0.15) is 17.0 Å². The van der Waals surface area contributed by atoms with Crippen molar-refractivity contribution in [3.63, 3.8) is 0 Å². The second-order valence-corrected chi connectivity index (χ2v) is 6.42. The van der Waals surface area contributed by atoms with Crippen molar-refractivity contribution in [1.82, 2.24) is 10.3 Å². The van der Waals surface area contributed by atoms with Crippen molar-refractivity contribution in [2.45, 2.75) is 18.4 Å². The molecule has 2 aliphatic carbocycles. The lowest BCUT2D eigenvalue weighted by atomic mass is 10.1. The molecule has 0 bridgehead atoms. The number of nitrogens with one attached hydrogen (secondary N) is 2. The molecule has 0 radical (unpaired) electrons. The van der Waals surface area contributed by atoms with Crippen LogP contribution < -0.4 is 10.6 Å². The van der Waals surface area contributed by atoms with Crippen molar-refractivity contribution < 1.29 is 0 Å². The van der Waals surface area contributed by atoms with E-state index in [2.05, 4.69) is 39.9 Å². The van der Waals surface area contributed by atoms with Gasteiger partial charge in [0, 0.05) is 18.2 Å². The highest BCUT2D eigenvalue weighted by molar-refractivity contribution is 7.80. The number of aromatic nitrogens is 1. The molecule has 2 aliphatic rings. The fraction of sp³-hybridized carbons (Fsp3) is 0.250. The minimum atomic E-state index is 0.451. The molecule has 3 nitrogen and oxygen atoms in total. The van der Waals surface area contributed by atoms with Crippen molar-refractivity contribution in [2.24, 2.45) is 5.92 Å². The maximum atomic E-state index is 5.82. The number of anilines is 1. The summed E-state index contributed by atoms with van der Waals surface area (Å²) < 4.78 is 0. The van der Waals surface area contributed by atoms with Crippen LogP contribution in [-0.4, -0.2) is 16.1 Å². The van der Waals surface area contributed by atoms with Gasteiger partial charge in [0.05, 0.1) is 5.02 Å². The molecule has 0 saturated heterocycles. The maximum Gasteiger partial charge on any atom is 0.172 e. The van der Waals surface area contributed by atoms with Crippen LogP contribution in [0, 0.1) is 5.92 Å². The quantitative estimate of drug-likeness (QED) is 0.833. The highest BCUT2D eigenvalue weighted by atomic mass is 35.5. The zero-order valence-electron chi connectivity index (χ0n) is 11.2. The Morgan fingerprint density at radius 3 is 2.90 bits per heavy atom. The molecular weight excluding hydrogens is 302 g/mol. The fourth-order valence-corrected chi connectivity index (χ4v) is 3.65. The largest absolute Gasteiger partial charge is 0.359 e. The molecule has 4 rings (SSSR count). The third-order valence-corrected chi connectivity index (χ3v) is 4.75. The van der Waals surface area contributed by atoms with Crippen molar-refractivity contribution >= 4 is 34.7 Å². The van der Waals surface area contributed by atoms with Gasteiger partial charge in [-0.3, -0.25) is 0 Å². The lowest BCUT2D eigenvalue weighted by Crippen LogP contribution is -2.32. The molecular formula is C16H14ClN3S. The van der Waals surface area contributed by atoms with E-state index < -0.39 is 0 Å². The molecule has 1 aromatic carbocycles. The van der Waals surface area contributed by atoms with Gasteiger partial charge in [-0.15, -0.1) is 0 Å². The minimum Gasteiger partial charge on any atom is -0.359 e. The summed E-state index contributed by atoms with van der Waals surface area (Å²) in [4.78, 5) is 4.18. The van der Waals surface area contributed by atoms with Crippen LogP contribution in [0.3, 0.4) is 0 Å². The molecule has 1 saturated carbocycles. The fourth-order valence-electron chi connectivity index (χ4n) is 3.30. The molecule has 1 heterocycles. The normalized spacial score (nSPS) is 24.9. The number of fused-ring (bicyclic) bond motifs is 3. The summed E-state index contributed by atoms with van der Waals surface area (Å²) in [5, 5.41) is 7.76. The van der Waals surface area contributed by atoms with Gasteiger partial charge in [-0.2, -0.15) is 0 Å². The van der Waals surface area contributed by atoms with Gasteiger partial charge < -0.3 is 10.6 Å². The molecule has 1 fully saturated rings. The number of nitrogens with zero attached hydrogens (tertiary/aromatic N) is 1. The Balaban J connectivity index is 1.38. The van der Waals surface area contributed by atoms with E-state index in [0.717, 1.165) is 6.42 Å². The Bertz CT molecular complexity index is 701. The predicted molar refractivity (Wildman–Crippen MR) is 88.8 cm³/mol. The van der Waals surface area contributed by atoms with Crippen LogP contribution in [-0.2, 0) is 6.42 Å². The summed E-state index contributed by atoms with van der Waals surface area (Å²) >= 11 is 11.2. The van der Waals surface area contributed by atoms with E-state index in [1.165, 1.54) is 11.1 Å². The number of benzene rings is 1. The summed E-state index contributed by atoms with van der Waals surface area (Å²) in [6.45, 7) is 0. The van der Waals surface area contributed by atoms with E-state index in [1.54, 1.807) is 12.3 Å². The minimum absolute atomic E-state index is 0.451. The van der Waals surface area contributed by atoms with Crippen molar-refractivity contribution in [3.05, 3.63) is 58.7 Å². The highest BCUT2D eigenvalue weighted by Gasteiger charge is 2.55.